The Morgan fingerprint density at radius 1 is 1.39 bits per heavy atom. The lowest BCUT2D eigenvalue weighted by molar-refractivity contribution is 0.0688. The van der Waals surface area contributed by atoms with Crippen molar-refractivity contribution in [2.45, 2.75) is 27.2 Å². The van der Waals surface area contributed by atoms with Crippen LogP contribution in [0.15, 0.2) is 18.7 Å². The zero-order chi connectivity index (χ0) is 13.6. The van der Waals surface area contributed by atoms with E-state index in [4.69, 9.17) is 5.73 Å². The van der Waals surface area contributed by atoms with E-state index < -0.39 is 0 Å². The van der Waals surface area contributed by atoms with E-state index in [1.165, 1.54) is 6.33 Å². The summed E-state index contributed by atoms with van der Waals surface area (Å²) in [6.07, 6.45) is 5.44. The van der Waals surface area contributed by atoms with E-state index in [-0.39, 0.29) is 11.3 Å². The van der Waals surface area contributed by atoms with Crippen LogP contribution in [0, 0.1) is 5.41 Å². The van der Waals surface area contributed by atoms with Gasteiger partial charge in [0.1, 0.15) is 6.33 Å². The van der Waals surface area contributed by atoms with Crippen LogP contribution in [0.5, 0.6) is 0 Å². The Morgan fingerprint density at radius 2 is 2.00 bits per heavy atom. The van der Waals surface area contributed by atoms with E-state index in [2.05, 4.69) is 30.7 Å². The van der Waals surface area contributed by atoms with E-state index in [1.807, 2.05) is 4.90 Å². The van der Waals surface area contributed by atoms with Crippen molar-refractivity contribution in [2.75, 3.05) is 19.6 Å². The molecule has 1 aromatic rings. The maximum atomic E-state index is 12.3. The number of carbonyl (C=O) groups is 1. The third-order valence-corrected chi connectivity index (χ3v) is 2.76. The van der Waals surface area contributed by atoms with Crippen LogP contribution in [0.3, 0.4) is 0 Å². The van der Waals surface area contributed by atoms with Gasteiger partial charge in [0.2, 0.25) is 0 Å². The molecule has 5 nitrogen and oxygen atoms in total. The number of aromatic nitrogens is 2. The highest BCUT2D eigenvalue weighted by molar-refractivity contribution is 5.93. The number of hydrogen-bond acceptors (Lipinski definition) is 4. The summed E-state index contributed by atoms with van der Waals surface area (Å²) in [7, 11) is 0. The largest absolute Gasteiger partial charge is 0.338 e. The summed E-state index contributed by atoms with van der Waals surface area (Å²) in [6, 6.07) is 0. The van der Waals surface area contributed by atoms with Crippen LogP contribution in [-0.2, 0) is 0 Å². The van der Waals surface area contributed by atoms with Gasteiger partial charge in [0.25, 0.3) is 5.91 Å². The Kier molecular flexibility index (Phi) is 5.22. The molecule has 1 heterocycles. The van der Waals surface area contributed by atoms with Crippen molar-refractivity contribution in [3.63, 3.8) is 0 Å². The van der Waals surface area contributed by atoms with Crippen molar-refractivity contribution in [1.29, 1.82) is 0 Å². The second-order valence-electron chi connectivity index (χ2n) is 5.22. The van der Waals surface area contributed by atoms with Crippen molar-refractivity contribution < 1.29 is 4.79 Å². The average Bonchev–Trinajstić information content (AvgIpc) is 2.38. The predicted molar refractivity (Wildman–Crippen MR) is 71.1 cm³/mol. The molecule has 1 rings (SSSR count). The lowest BCUT2D eigenvalue weighted by atomic mass is 9.93. The zero-order valence-electron chi connectivity index (χ0n) is 11.4. The molecule has 0 saturated carbocycles. The lowest BCUT2D eigenvalue weighted by Gasteiger charge is -2.31. The second-order valence-corrected chi connectivity index (χ2v) is 5.22. The van der Waals surface area contributed by atoms with Gasteiger partial charge in [-0.05, 0) is 18.4 Å². The standard InChI is InChI=1S/C13H22N4O/c1-4-5-17(9-13(2,3)8-14)12(18)11-6-15-10-16-7-11/h6-7,10H,4-5,8-9,14H2,1-3H3. The molecule has 0 fully saturated rings. The van der Waals surface area contributed by atoms with Gasteiger partial charge in [-0.2, -0.15) is 0 Å². The number of nitrogens with zero attached hydrogens (tertiary/aromatic N) is 3. The van der Waals surface area contributed by atoms with Gasteiger partial charge in [-0.25, -0.2) is 9.97 Å². The van der Waals surface area contributed by atoms with Gasteiger partial charge < -0.3 is 10.6 Å². The topological polar surface area (TPSA) is 72.1 Å². The predicted octanol–water partition coefficient (Wildman–Crippen LogP) is 1.31. The maximum Gasteiger partial charge on any atom is 0.257 e. The second kappa shape index (κ2) is 6.44. The van der Waals surface area contributed by atoms with Crippen molar-refractivity contribution in [3.8, 4) is 0 Å². The molecule has 0 unspecified atom stereocenters. The third kappa shape index (κ3) is 4.07. The SMILES string of the molecule is CCCN(CC(C)(C)CN)C(=O)c1cncnc1. The molecule has 0 spiro atoms. The average molecular weight is 250 g/mol. The minimum atomic E-state index is -0.0829. The molecular formula is C13H22N4O. The van der Waals surface area contributed by atoms with Gasteiger partial charge in [0, 0.05) is 25.5 Å². The third-order valence-electron chi connectivity index (χ3n) is 2.76. The molecule has 0 atom stereocenters. The summed E-state index contributed by atoms with van der Waals surface area (Å²) in [6.45, 7) is 8.08. The highest BCUT2D eigenvalue weighted by Crippen LogP contribution is 2.16. The van der Waals surface area contributed by atoms with E-state index >= 15 is 0 Å². The van der Waals surface area contributed by atoms with E-state index in [9.17, 15) is 4.79 Å². The van der Waals surface area contributed by atoms with Crippen LogP contribution in [0.2, 0.25) is 0 Å². The van der Waals surface area contributed by atoms with Crippen LogP contribution in [-0.4, -0.2) is 40.4 Å². The van der Waals surface area contributed by atoms with Crippen molar-refractivity contribution >= 4 is 5.91 Å². The van der Waals surface area contributed by atoms with Gasteiger partial charge >= 0.3 is 0 Å². The summed E-state index contributed by atoms with van der Waals surface area (Å²) >= 11 is 0. The molecule has 5 heteroatoms. The molecule has 1 amide bonds. The van der Waals surface area contributed by atoms with E-state index in [0.29, 0.717) is 18.7 Å². The first-order valence-corrected chi connectivity index (χ1v) is 6.24. The lowest BCUT2D eigenvalue weighted by Crippen LogP contribution is -2.42. The monoisotopic (exact) mass is 250 g/mol. The molecule has 1 aromatic heterocycles. The summed E-state index contributed by atoms with van der Waals surface area (Å²) in [5.41, 5.74) is 6.17. The Balaban J connectivity index is 2.82. The smallest absolute Gasteiger partial charge is 0.257 e. The fraction of sp³-hybridized carbons (Fsp3) is 0.615. The number of rotatable bonds is 6. The summed E-state index contributed by atoms with van der Waals surface area (Å²) in [5, 5.41) is 0. The molecule has 0 saturated heterocycles. The minimum Gasteiger partial charge on any atom is -0.338 e. The van der Waals surface area contributed by atoms with Gasteiger partial charge in [0.05, 0.1) is 5.56 Å². The zero-order valence-corrected chi connectivity index (χ0v) is 11.4. The number of hydrogen-bond donors (Lipinski definition) is 1. The quantitative estimate of drug-likeness (QED) is 0.826. The Morgan fingerprint density at radius 3 is 2.50 bits per heavy atom. The molecule has 0 radical (unpaired) electrons. The summed E-state index contributed by atoms with van der Waals surface area (Å²) < 4.78 is 0. The fourth-order valence-corrected chi connectivity index (χ4v) is 1.70. The maximum absolute atomic E-state index is 12.3. The van der Waals surface area contributed by atoms with Crippen molar-refractivity contribution in [3.05, 3.63) is 24.3 Å². The van der Waals surface area contributed by atoms with Crippen molar-refractivity contribution in [1.82, 2.24) is 14.9 Å². The van der Waals surface area contributed by atoms with Crippen LogP contribution in [0.1, 0.15) is 37.6 Å². The van der Waals surface area contributed by atoms with Crippen molar-refractivity contribution in [2.24, 2.45) is 11.1 Å². The normalized spacial score (nSPS) is 11.3. The molecule has 0 bridgehead atoms. The molecule has 0 aromatic carbocycles. The van der Waals surface area contributed by atoms with Gasteiger partial charge in [-0.1, -0.05) is 20.8 Å². The number of carbonyl (C=O) groups excluding carboxylic acids is 1. The molecule has 0 aliphatic rings. The molecule has 18 heavy (non-hydrogen) atoms. The highest BCUT2D eigenvalue weighted by atomic mass is 16.2. The van der Waals surface area contributed by atoms with Crippen LogP contribution >= 0.6 is 0 Å². The van der Waals surface area contributed by atoms with Crippen LogP contribution in [0.25, 0.3) is 0 Å². The van der Waals surface area contributed by atoms with E-state index in [0.717, 1.165) is 13.0 Å². The molecule has 0 aliphatic heterocycles. The Labute approximate surface area is 108 Å². The van der Waals surface area contributed by atoms with Gasteiger partial charge in [0.15, 0.2) is 0 Å². The molecular weight excluding hydrogens is 228 g/mol. The summed E-state index contributed by atoms with van der Waals surface area (Å²) in [4.78, 5) is 21.9. The first-order chi connectivity index (χ1) is 8.50. The Bertz CT molecular complexity index is 378. The number of amides is 1. The first-order valence-electron chi connectivity index (χ1n) is 6.24. The first kappa shape index (κ1) is 14.6. The Hall–Kier alpha value is -1.49. The number of nitrogens with two attached hydrogens (primary N) is 1. The van der Waals surface area contributed by atoms with Gasteiger partial charge in [-0.15, -0.1) is 0 Å². The molecule has 2 N–H and O–H groups in total. The van der Waals surface area contributed by atoms with Crippen LogP contribution in [0.4, 0.5) is 0 Å². The molecule has 0 aliphatic carbocycles. The fourth-order valence-electron chi connectivity index (χ4n) is 1.70. The van der Waals surface area contributed by atoms with Gasteiger partial charge in [-0.3, -0.25) is 4.79 Å². The van der Waals surface area contributed by atoms with E-state index in [1.54, 1.807) is 12.4 Å². The minimum absolute atomic E-state index is 0.0287. The summed E-state index contributed by atoms with van der Waals surface area (Å²) in [5.74, 6) is -0.0287. The molecule has 100 valence electrons. The van der Waals surface area contributed by atoms with Crippen LogP contribution < -0.4 is 5.73 Å². The highest BCUT2D eigenvalue weighted by Gasteiger charge is 2.24.